The third-order valence-corrected chi connectivity index (χ3v) is 3.11. The normalized spacial score (nSPS) is 12.8. The number of aromatic amines is 2. The smallest absolute Gasteiger partial charge is 0.206 e. The van der Waals surface area contributed by atoms with Crippen LogP contribution in [0.5, 0.6) is 0 Å². The number of aliphatic hydroxyl groups excluding tert-OH is 1. The Morgan fingerprint density at radius 1 is 1.36 bits per heavy atom. The summed E-state index contributed by atoms with van der Waals surface area (Å²) in [5.41, 5.74) is 2.46. The van der Waals surface area contributed by atoms with E-state index in [1.807, 2.05) is 6.07 Å². The van der Waals surface area contributed by atoms with Crippen LogP contribution in [-0.4, -0.2) is 35.9 Å². The number of nitrogens with zero attached hydrogens (tertiary/aromatic N) is 4. The van der Waals surface area contributed by atoms with Gasteiger partial charge in [0, 0.05) is 12.0 Å². The fraction of sp³-hybridized carbons (Fsp3) is 0.143. The van der Waals surface area contributed by atoms with Crippen LogP contribution in [0.2, 0.25) is 0 Å². The summed E-state index contributed by atoms with van der Waals surface area (Å²) in [6.07, 6.45) is 4.44. The first-order valence-corrected chi connectivity index (χ1v) is 6.58. The van der Waals surface area contributed by atoms with Gasteiger partial charge in [-0.1, -0.05) is 17.3 Å². The molecule has 0 aliphatic rings. The SMILES string of the molecule is OC(C=Cc1[nH]ncc1Cc1cccc(F)c1)c1nn[nH]n1. The highest BCUT2D eigenvalue weighted by Gasteiger charge is 2.09. The van der Waals surface area contributed by atoms with Gasteiger partial charge in [0.05, 0.1) is 11.9 Å². The first kappa shape index (κ1) is 14.1. The van der Waals surface area contributed by atoms with Crippen LogP contribution in [0.1, 0.15) is 28.7 Å². The van der Waals surface area contributed by atoms with Gasteiger partial charge in [-0.3, -0.25) is 5.10 Å². The van der Waals surface area contributed by atoms with Crippen molar-refractivity contribution < 1.29 is 9.50 Å². The molecule has 1 unspecified atom stereocenters. The molecule has 0 saturated heterocycles. The number of benzene rings is 1. The Morgan fingerprint density at radius 2 is 2.27 bits per heavy atom. The second-order valence-corrected chi connectivity index (χ2v) is 4.69. The average molecular weight is 300 g/mol. The van der Waals surface area contributed by atoms with E-state index in [1.54, 1.807) is 18.3 Å². The molecule has 0 spiro atoms. The van der Waals surface area contributed by atoms with Crippen LogP contribution in [-0.2, 0) is 6.42 Å². The molecule has 0 radical (unpaired) electrons. The van der Waals surface area contributed by atoms with Gasteiger partial charge in [-0.15, -0.1) is 10.2 Å². The number of hydrogen-bond donors (Lipinski definition) is 3. The van der Waals surface area contributed by atoms with Crippen LogP contribution in [0.3, 0.4) is 0 Å². The van der Waals surface area contributed by atoms with E-state index in [0.29, 0.717) is 6.42 Å². The Hall–Kier alpha value is -2.87. The maximum atomic E-state index is 13.2. The van der Waals surface area contributed by atoms with Crippen molar-refractivity contribution in [1.82, 2.24) is 30.8 Å². The van der Waals surface area contributed by atoms with E-state index in [2.05, 4.69) is 30.8 Å². The zero-order valence-corrected chi connectivity index (χ0v) is 11.4. The molecule has 7 nitrogen and oxygen atoms in total. The van der Waals surface area contributed by atoms with Crippen molar-refractivity contribution in [2.75, 3.05) is 0 Å². The van der Waals surface area contributed by atoms with Crippen LogP contribution in [0, 0.1) is 5.82 Å². The lowest BCUT2D eigenvalue weighted by molar-refractivity contribution is 0.219. The van der Waals surface area contributed by atoms with Crippen molar-refractivity contribution in [1.29, 1.82) is 0 Å². The van der Waals surface area contributed by atoms with Crippen LogP contribution in [0.15, 0.2) is 36.5 Å². The molecule has 0 aliphatic heterocycles. The van der Waals surface area contributed by atoms with Gasteiger partial charge in [-0.2, -0.15) is 10.3 Å². The maximum Gasteiger partial charge on any atom is 0.206 e. The largest absolute Gasteiger partial charge is 0.381 e. The maximum absolute atomic E-state index is 13.2. The molecule has 3 aromatic rings. The number of rotatable bonds is 5. The minimum absolute atomic E-state index is 0.183. The molecule has 1 aromatic carbocycles. The summed E-state index contributed by atoms with van der Waals surface area (Å²) in [4.78, 5) is 0. The molecule has 2 aromatic heterocycles. The van der Waals surface area contributed by atoms with E-state index >= 15 is 0 Å². The summed E-state index contributed by atoms with van der Waals surface area (Å²) in [6.45, 7) is 0. The third kappa shape index (κ3) is 3.23. The monoisotopic (exact) mass is 300 g/mol. The molecule has 3 rings (SSSR count). The predicted molar refractivity (Wildman–Crippen MR) is 76.0 cm³/mol. The Kier molecular flexibility index (Phi) is 4.01. The number of tetrazole rings is 1. The van der Waals surface area contributed by atoms with Crippen LogP contribution in [0.4, 0.5) is 4.39 Å². The molecule has 0 saturated carbocycles. The number of nitrogens with one attached hydrogen (secondary N) is 2. The highest BCUT2D eigenvalue weighted by molar-refractivity contribution is 5.50. The van der Waals surface area contributed by atoms with E-state index in [9.17, 15) is 9.50 Å². The summed E-state index contributed by atoms with van der Waals surface area (Å²) >= 11 is 0. The molecule has 22 heavy (non-hydrogen) atoms. The zero-order chi connectivity index (χ0) is 15.4. The number of H-pyrrole nitrogens is 2. The zero-order valence-electron chi connectivity index (χ0n) is 11.4. The Labute approximate surface area is 124 Å². The van der Waals surface area contributed by atoms with E-state index in [4.69, 9.17) is 0 Å². The molecule has 3 N–H and O–H groups in total. The lowest BCUT2D eigenvalue weighted by atomic mass is 10.1. The topological polar surface area (TPSA) is 103 Å². The standard InChI is InChI=1S/C14H13FN6O/c15-11-3-1-2-9(7-11)6-10-8-16-17-12(10)4-5-13(22)14-18-20-21-19-14/h1-5,7-8,13,22H,6H2,(H,16,17)(H,18,19,20,21). The van der Waals surface area contributed by atoms with Crippen molar-refractivity contribution in [2.45, 2.75) is 12.5 Å². The molecule has 1 atom stereocenters. The van der Waals surface area contributed by atoms with E-state index < -0.39 is 6.10 Å². The molecule has 0 amide bonds. The van der Waals surface area contributed by atoms with E-state index in [-0.39, 0.29) is 11.6 Å². The average Bonchev–Trinajstić information content (AvgIpc) is 3.16. The Morgan fingerprint density at radius 3 is 3.05 bits per heavy atom. The van der Waals surface area contributed by atoms with Gasteiger partial charge in [0.1, 0.15) is 11.9 Å². The van der Waals surface area contributed by atoms with Crippen molar-refractivity contribution in [3.05, 3.63) is 65.0 Å². The minimum Gasteiger partial charge on any atom is -0.381 e. The third-order valence-electron chi connectivity index (χ3n) is 3.11. The molecule has 2 heterocycles. The molecule has 8 heteroatoms. The van der Waals surface area contributed by atoms with Crippen LogP contribution >= 0.6 is 0 Å². The van der Waals surface area contributed by atoms with E-state index in [0.717, 1.165) is 16.8 Å². The van der Waals surface area contributed by atoms with Crippen LogP contribution < -0.4 is 0 Å². The summed E-state index contributed by atoms with van der Waals surface area (Å²) in [5.74, 6) is -0.0898. The molecule has 0 fully saturated rings. The fourth-order valence-corrected chi connectivity index (χ4v) is 2.04. The molecule has 0 bridgehead atoms. The van der Waals surface area contributed by atoms with Gasteiger partial charge in [0.15, 0.2) is 0 Å². The van der Waals surface area contributed by atoms with Gasteiger partial charge in [0.25, 0.3) is 0 Å². The van der Waals surface area contributed by atoms with Gasteiger partial charge in [-0.25, -0.2) is 4.39 Å². The first-order chi connectivity index (χ1) is 10.7. The molecular weight excluding hydrogens is 287 g/mol. The van der Waals surface area contributed by atoms with Gasteiger partial charge < -0.3 is 5.11 Å². The lowest BCUT2D eigenvalue weighted by Gasteiger charge is -2.02. The van der Waals surface area contributed by atoms with E-state index in [1.165, 1.54) is 18.2 Å². The van der Waals surface area contributed by atoms with Crippen molar-refractivity contribution in [2.24, 2.45) is 0 Å². The molecule has 0 aliphatic carbocycles. The summed E-state index contributed by atoms with van der Waals surface area (Å²) in [5, 5.41) is 29.7. The second-order valence-electron chi connectivity index (χ2n) is 4.69. The molecule has 112 valence electrons. The fourth-order valence-electron chi connectivity index (χ4n) is 2.04. The van der Waals surface area contributed by atoms with Gasteiger partial charge >= 0.3 is 0 Å². The number of aliphatic hydroxyl groups is 1. The number of halogens is 1. The highest BCUT2D eigenvalue weighted by atomic mass is 19.1. The quantitative estimate of drug-likeness (QED) is 0.661. The summed E-state index contributed by atoms with van der Waals surface area (Å²) in [7, 11) is 0. The van der Waals surface area contributed by atoms with Crippen molar-refractivity contribution in [3.8, 4) is 0 Å². The molecular formula is C14H13FN6O. The number of aromatic nitrogens is 6. The van der Waals surface area contributed by atoms with Crippen molar-refractivity contribution >= 4 is 6.08 Å². The van der Waals surface area contributed by atoms with Gasteiger partial charge in [-0.05, 0) is 29.8 Å². The minimum atomic E-state index is -0.968. The van der Waals surface area contributed by atoms with Crippen LogP contribution in [0.25, 0.3) is 6.08 Å². The Balaban J connectivity index is 1.75. The highest BCUT2D eigenvalue weighted by Crippen LogP contribution is 2.16. The lowest BCUT2D eigenvalue weighted by Crippen LogP contribution is -1.96. The predicted octanol–water partition coefficient (Wildman–Crippen LogP) is 1.40. The Bertz CT molecular complexity index is 767. The first-order valence-electron chi connectivity index (χ1n) is 6.58. The second kappa shape index (κ2) is 6.27. The summed E-state index contributed by atoms with van der Waals surface area (Å²) < 4.78 is 13.2. The number of hydrogen-bond acceptors (Lipinski definition) is 5. The van der Waals surface area contributed by atoms with Gasteiger partial charge in [0.2, 0.25) is 5.82 Å². The summed E-state index contributed by atoms with van der Waals surface area (Å²) in [6, 6.07) is 6.40. The van der Waals surface area contributed by atoms with Crippen molar-refractivity contribution in [3.63, 3.8) is 0 Å².